The lowest BCUT2D eigenvalue weighted by molar-refractivity contribution is 0.0782. The number of carbonyl (C=O) groups is 1. The van der Waals surface area contributed by atoms with Crippen LogP contribution in [0.25, 0.3) is 0 Å². The number of benzene rings is 1. The van der Waals surface area contributed by atoms with E-state index in [1.165, 1.54) is 6.07 Å². The van der Waals surface area contributed by atoms with E-state index in [4.69, 9.17) is 5.73 Å². The monoisotopic (exact) mass is 336 g/mol. The summed E-state index contributed by atoms with van der Waals surface area (Å²) in [5.41, 5.74) is 5.69. The first-order chi connectivity index (χ1) is 8.13. The minimum atomic E-state index is -0.486. The average Bonchev–Trinajstić information content (AvgIpc) is 2.77. The van der Waals surface area contributed by atoms with Crippen molar-refractivity contribution < 1.29 is 9.18 Å². The van der Waals surface area contributed by atoms with Crippen LogP contribution in [0.3, 0.4) is 0 Å². The summed E-state index contributed by atoms with van der Waals surface area (Å²) in [7, 11) is 0. The Kier molecular flexibility index (Phi) is 5.56. The molecule has 1 heterocycles. The number of hydrogen-bond donors (Lipinski definition) is 1. The molecule has 1 atom stereocenters. The summed E-state index contributed by atoms with van der Waals surface area (Å²) in [6, 6.07) is 4.55. The van der Waals surface area contributed by atoms with Crippen molar-refractivity contribution in [1.82, 2.24) is 4.90 Å². The van der Waals surface area contributed by atoms with Gasteiger partial charge in [-0.05, 0) is 46.9 Å². The van der Waals surface area contributed by atoms with Crippen molar-refractivity contribution in [2.75, 3.05) is 19.6 Å². The smallest absolute Gasteiger partial charge is 0.257 e. The van der Waals surface area contributed by atoms with Crippen molar-refractivity contribution in [3.63, 3.8) is 0 Å². The molecule has 1 aromatic carbocycles. The van der Waals surface area contributed by atoms with Crippen LogP contribution in [0.4, 0.5) is 4.39 Å². The molecule has 1 aliphatic rings. The highest BCUT2D eigenvalue weighted by Crippen LogP contribution is 2.24. The zero-order chi connectivity index (χ0) is 12.4. The molecule has 2 N–H and O–H groups in total. The fourth-order valence-electron chi connectivity index (χ4n) is 2.07. The van der Waals surface area contributed by atoms with Gasteiger partial charge in [-0.3, -0.25) is 4.79 Å². The molecule has 0 aliphatic carbocycles. The van der Waals surface area contributed by atoms with Gasteiger partial charge in [0.2, 0.25) is 0 Å². The van der Waals surface area contributed by atoms with E-state index in [9.17, 15) is 9.18 Å². The van der Waals surface area contributed by atoms with Crippen LogP contribution in [0, 0.1) is 11.7 Å². The first-order valence-corrected chi connectivity index (χ1v) is 6.36. The van der Waals surface area contributed by atoms with Crippen LogP contribution >= 0.6 is 28.3 Å². The van der Waals surface area contributed by atoms with Gasteiger partial charge in [-0.1, -0.05) is 6.07 Å². The summed E-state index contributed by atoms with van der Waals surface area (Å²) in [5.74, 6) is -0.406. The predicted molar refractivity (Wildman–Crippen MR) is 74.4 cm³/mol. The summed E-state index contributed by atoms with van der Waals surface area (Å²) in [6.45, 7) is 1.85. The molecule has 1 fully saturated rings. The highest BCUT2D eigenvalue weighted by atomic mass is 79.9. The largest absolute Gasteiger partial charge is 0.338 e. The summed E-state index contributed by atoms with van der Waals surface area (Å²) in [5, 5.41) is 0. The fraction of sp³-hybridized carbons (Fsp3) is 0.417. The summed E-state index contributed by atoms with van der Waals surface area (Å²) in [6.07, 6.45) is 0.897. The van der Waals surface area contributed by atoms with Crippen molar-refractivity contribution in [2.45, 2.75) is 6.42 Å². The minimum absolute atomic E-state index is 0. The molecule has 100 valence electrons. The Bertz CT molecular complexity index is 424. The predicted octanol–water partition coefficient (Wildman–Crippen LogP) is 2.43. The Balaban J connectivity index is 0.00000162. The number of carbonyl (C=O) groups excluding carboxylic acids is 1. The summed E-state index contributed by atoms with van der Waals surface area (Å²) >= 11 is 3.21. The maximum absolute atomic E-state index is 13.6. The molecule has 0 radical (unpaired) electrons. The molecule has 2 rings (SSSR count). The molecular formula is C12H15BrClFN2O. The molecular weight excluding hydrogens is 322 g/mol. The van der Waals surface area contributed by atoms with E-state index in [0.29, 0.717) is 30.0 Å². The minimum Gasteiger partial charge on any atom is -0.338 e. The van der Waals surface area contributed by atoms with Crippen LogP contribution in [0.5, 0.6) is 0 Å². The Morgan fingerprint density at radius 3 is 2.83 bits per heavy atom. The first kappa shape index (κ1) is 15.4. The quantitative estimate of drug-likeness (QED) is 0.901. The Labute approximate surface area is 120 Å². The molecule has 1 unspecified atom stereocenters. The number of rotatable bonds is 2. The Morgan fingerprint density at radius 1 is 1.56 bits per heavy atom. The molecule has 0 saturated carbocycles. The van der Waals surface area contributed by atoms with Crippen molar-refractivity contribution in [3.05, 3.63) is 34.1 Å². The third kappa shape index (κ3) is 3.02. The lowest BCUT2D eigenvalue weighted by atomic mass is 10.1. The fourth-order valence-corrected chi connectivity index (χ4v) is 2.58. The SMILES string of the molecule is Cl.NCC1CCN(C(=O)c2c(F)cccc2Br)C1. The number of halogens is 3. The number of hydrogen-bond acceptors (Lipinski definition) is 2. The van der Waals surface area contributed by atoms with E-state index < -0.39 is 5.82 Å². The van der Waals surface area contributed by atoms with Crippen LogP contribution in [0.1, 0.15) is 16.8 Å². The number of likely N-dealkylation sites (tertiary alicyclic amines) is 1. The second-order valence-corrected chi connectivity index (χ2v) is 5.09. The van der Waals surface area contributed by atoms with E-state index in [1.807, 2.05) is 0 Å². The maximum Gasteiger partial charge on any atom is 0.257 e. The van der Waals surface area contributed by atoms with E-state index in [0.717, 1.165) is 6.42 Å². The van der Waals surface area contributed by atoms with Crippen LogP contribution in [-0.4, -0.2) is 30.4 Å². The van der Waals surface area contributed by atoms with E-state index in [2.05, 4.69) is 15.9 Å². The lowest BCUT2D eigenvalue weighted by Crippen LogP contribution is -2.30. The molecule has 0 spiro atoms. The first-order valence-electron chi connectivity index (χ1n) is 5.57. The van der Waals surface area contributed by atoms with E-state index in [-0.39, 0.29) is 23.9 Å². The highest BCUT2D eigenvalue weighted by molar-refractivity contribution is 9.10. The molecule has 0 aromatic heterocycles. The second kappa shape index (κ2) is 6.50. The van der Waals surface area contributed by atoms with Crippen molar-refractivity contribution in [3.8, 4) is 0 Å². The molecule has 1 saturated heterocycles. The van der Waals surface area contributed by atoms with Crippen LogP contribution in [-0.2, 0) is 0 Å². The molecule has 1 amide bonds. The molecule has 1 aliphatic heterocycles. The lowest BCUT2D eigenvalue weighted by Gasteiger charge is -2.17. The van der Waals surface area contributed by atoms with Gasteiger partial charge in [0, 0.05) is 17.6 Å². The number of nitrogens with zero attached hydrogens (tertiary/aromatic N) is 1. The molecule has 3 nitrogen and oxygen atoms in total. The van der Waals surface area contributed by atoms with Gasteiger partial charge < -0.3 is 10.6 Å². The molecule has 18 heavy (non-hydrogen) atoms. The molecule has 0 bridgehead atoms. The third-order valence-corrected chi connectivity index (χ3v) is 3.74. The van der Waals surface area contributed by atoms with Gasteiger partial charge in [0.05, 0.1) is 5.56 Å². The average molecular weight is 338 g/mol. The van der Waals surface area contributed by atoms with Gasteiger partial charge in [-0.2, -0.15) is 0 Å². The van der Waals surface area contributed by atoms with Gasteiger partial charge in [0.25, 0.3) is 5.91 Å². The number of nitrogens with two attached hydrogens (primary N) is 1. The van der Waals surface area contributed by atoms with E-state index >= 15 is 0 Å². The standard InChI is InChI=1S/C12H14BrFN2O.ClH/c13-9-2-1-3-10(14)11(9)12(17)16-5-4-8(6-15)7-16;/h1-3,8H,4-7,15H2;1H. The van der Waals surface area contributed by atoms with Gasteiger partial charge in [-0.15, -0.1) is 12.4 Å². The summed E-state index contributed by atoms with van der Waals surface area (Å²) in [4.78, 5) is 13.8. The molecule has 1 aromatic rings. The normalized spacial score (nSPS) is 18.6. The van der Waals surface area contributed by atoms with Crippen LogP contribution in [0.2, 0.25) is 0 Å². The Hall–Kier alpha value is -0.650. The third-order valence-electron chi connectivity index (χ3n) is 3.08. The zero-order valence-corrected chi connectivity index (χ0v) is 12.1. The van der Waals surface area contributed by atoms with Gasteiger partial charge in [0.15, 0.2) is 0 Å². The van der Waals surface area contributed by atoms with Crippen LogP contribution < -0.4 is 5.73 Å². The zero-order valence-electron chi connectivity index (χ0n) is 9.73. The summed E-state index contributed by atoms with van der Waals surface area (Å²) < 4.78 is 14.1. The van der Waals surface area contributed by atoms with Crippen molar-refractivity contribution in [1.29, 1.82) is 0 Å². The maximum atomic E-state index is 13.6. The van der Waals surface area contributed by atoms with Gasteiger partial charge in [-0.25, -0.2) is 4.39 Å². The number of amides is 1. The highest BCUT2D eigenvalue weighted by Gasteiger charge is 2.28. The van der Waals surface area contributed by atoms with Crippen molar-refractivity contribution >= 4 is 34.2 Å². The van der Waals surface area contributed by atoms with Gasteiger partial charge >= 0.3 is 0 Å². The topological polar surface area (TPSA) is 46.3 Å². The van der Waals surface area contributed by atoms with Gasteiger partial charge in [0.1, 0.15) is 5.82 Å². The molecule has 6 heteroatoms. The van der Waals surface area contributed by atoms with E-state index in [1.54, 1.807) is 17.0 Å². The second-order valence-electron chi connectivity index (χ2n) is 4.24. The Morgan fingerprint density at radius 2 is 2.28 bits per heavy atom. The van der Waals surface area contributed by atoms with Crippen molar-refractivity contribution in [2.24, 2.45) is 11.7 Å². The van der Waals surface area contributed by atoms with Crippen LogP contribution in [0.15, 0.2) is 22.7 Å².